The van der Waals surface area contributed by atoms with Crippen LogP contribution in [0.1, 0.15) is 6.92 Å². The molecule has 0 aliphatic rings. The molecule has 20 heavy (non-hydrogen) atoms. The number of hydrogen-bond acceptors (Lipinski definition) is 6. The predicted molar refractivity (Wildman–Crippen MR) is 74.7 cm³/mol. The number of likely N-dealkylation sites (N-methyl/N-ethyl adjacent to an activating group) is 1. The Morgan fingerprint density at radius 2 is 1.70 bits per heavy atom. The van der Waals surface area contributed by atoms with Crippen LogP contribution >= 0.6 is 0 Å². The van der Waals surface area contributed by atoms with Gasteiger partial charge in [0, 0.05) is 12.1 Å². The molecule has 0 saturated carbocycles. The monoisotopic (exact) mass is 280 g/mol. The van der Waals surface area contributed by atoms with E-state index in [1.54, 1.807) is 26.1 Å². The van der Waals surface area contributed by atoms with Crippen LogP contribution in [-0.4, -0.2) is 40.5 Å². The number of hydrogen-bond donors (Lipinski definition) is 1. The fourth-order valence-corrected chi connectivity index (χ4v) is 1.53. The topological polar surface area (TPSA) is 72.7 Å². The van der Waals surface area contributed by atoms with E-state index in [1.807, 2.05) is 0 Å². The highest BCUT2D eigenvalue weighted by atomic mass is 16.5. The summed E-state index contributed by atoms with van der Waals surface area (Å²) in [6, 6.07) is 5.53. The van der Waals surface area contributed by atoms with Crippen molar-refractivity contribution in [2.45, 2.75) is 12.5 Å². The van der Waals surface area contributed by atoms with Crippen molar-refractivity contribution >= 4 is 0 Å². The molecule has 1 N–H and O–H groups in total. The van der Waals surface area contributed by atoms with Gasteiger partial charge in [0.25, 0.3) is 0 Å². The van der Waals surface area contributed by atoms with Crippen molar-refractivity contribution in [3.63, 3.8) is 0 Å². The van der Waals surface area contributed by atoms with Crippen molar-refractivity contribution in [2.24, 2.45) is 0 Å². The molecular weight excluding hydrogens is 260 g/mol. The summed E-state index contributed by atoms with van der Waals surface area (Å²) >= 11 is 0. The van der Waals surface area contributed by atoms with Gasteiger partial charge in [0.05, 0.1) is 27.4 Å². The van der Waals surface area contributed by atoms with Crippen LogP contribution in [0.5, 0.6) is 23.0 Å². The van der Waals surface area contributed by atoms with Crippen LogP contribution < -0.4 is 24.3 Å². The van der Waals surface area contributed by atoms with Crippen LogP contribution in [0.4, 0.5) is 0 Å². The van der Waals surface area contributed by atoms with Gasteiger partial charge in [-0.15, -0.1) is 0 Å². The van der Waals surface area contributed by atoms with Crippen molar-refractivity contribution < 1.29 is 18.9 Å². The zero-order valence-corrected chi connectivity index (χ0v) is 12.4. The minimum Gasteiger partial charge on any atom is -0.493 e. The van der Waals surface area contributed by atoms with Crippen LogP contribution in [0, 0.1) is 11.3 Å². The number of rotatable bonds is 7. The fourth-order valence-electron chi connectivity index (χ4n) is 1.53. The Morgan fingerprint density at radius 1 is 1.15 bits per heavy atom. The van der Waals surface area contributed by atoms with Gasteiger partial charge in [-0.3, -0.25) is 5.32 Å². The van der Waals surface area contributed by atoms with Crippen molar-refractivity contribution in [1.29, 1.82) is 5.26 Å². The third kappa shape index (κ3) is 3.45. The molecule has 1 aromatic rings. The van der Waals surface area contributed by atoms with E-state index in [0.717, 1.165) is 0 Å². The predicted octanol–water partition coefficient (Wildman–Crippen LogP) is 1.59. The molecular formula is C14H20N2O4. The first kappa shape index (κ1) is 15.9. The van der Waals surface area contributed by atoms with E-state index in [9.17, 15) is 0 Å². The smallest absolute Gasteiger partial charge is 0.203 e. The van der Waals surface area contributed by atoms with Crippen molar-refractivity contribution in [3.8, 4) is 29.1 Å². The summed E-state index contributed by atoms with van der Waals surface area (Å²) in [6.45, 7) is 1.95. The minimum absolute atomic E-state index is 0.193. The van der Waals surface area contributed by atoms with Crippen LogP contribution in [0.2, 0.25) is 0 Å². The molecule has 110 valence electrons. The fraction of sp³-hybridized carbons (Fsp3) is 0.500. The average Bonchev–Trinajstić information content (AvgIpc) is 2.51. The first-order valence-electron chi connectivity index (χ1n) is 6.06. The molecule has 0 heterocycles. The molecule has 0 radical (unpaired) electrons. The van der Waals surface area contributed by atoms with E-state index in [1.165, 1.54) is 21.3 Å². The standard InChI is InChI=1S/C14H20N2O4/c1-14(8-15,16-2)9-20-10-6-11(17-3)13(19-5)12(7-10)18-4/h6-7,16H,9H2,1-5H3. The Kier molecular flexibility index (Phi) is 5.47. The van der Waals surface area contributed by atoms with Crippen LogP contribution in [0.15, 0.2) is 12.1 Å². The molecule has 1 rings (SSSR count). The lowest BCUT2D eigenvalue weighted by Crippen LogP contribution is -2.43. The van der Waals surface area contributed by atoms with Gasteiger partial charge in [0.2, 0.25) is 5.75 Å². The van der Waals surface area contributed by atoms with E-state index in [0.29, 0.717) is 23.0 Å². The van der Waals surface area contributed by atoms with Crippen LogP contribution in [-0.2, 0) is 0 Å². The summed E-state index contributed by atoms with van der Waals surface area (Å²) in [4.78, 5) is 0. The van der Waals surface area contributed by atoms with Crippen LogP contribution in [0.3, 0.4) is 0 Å². The van der Waals surface area contributed by atoms with Crippen molar-refractivity contribution in [2.75, 3.05) is 35.0 Å². The Labute approximate surface area is 119 Å². The van der Waals surface area contributed by atoms with Gasteiger partial charge in [-0.25, -0.2) is 0 Å². The maximum absolute atomic E-state index is 9.09. The van der Waals surface area contributed by atoms with E-state index in [-0.39, 0.29) is 6.61 Å². The van der Waals surface area contributed by atoms with E-state index >= 15 is 0 Å². The Balaban J connectivity index is 3.00. The highest BCUT2D eigenvalue weighted by Gasteiger charge is 2.23. The maximum Gasteiger partial charge on any atom is 0.203 e. The molecule has 0 aliphatic heterocycles. The highest BCUT2D eigenvalue weighted by Crippen LogP contribution is 2.40. The minimum atomic E-state index is -0.763. The SMILES string of the molecule is CNC(C)(C#N)COc1cc(OC)c(OC)c(OC)c1. The van der Waals surface area contributed by atoms with Crippen molar-refractivity contribution in [3.05, 3.63) is 12.1 Å². The Bertz CT molecular complexity index is 473. The summed E-state index contributed by atoms with van der Waals surface area (Å²) in [5, 5.41) is 12.0. The third-order valence-electron chi connectivity index (χ3n) is 2.96. The molecule has 0 amide bonds. The highest BCUT2D eigenvalue weighted by molar-refractivity contribution is 5.55. The molecule has 6 heteroatoms. The molecule has 1 unspecified atom stereocenters. The Morgan fingerprint density at radius 3 is 2.05 bits per heavy atom. The number of methoxy groups -OCH3 is 3. The molecule has 0 bridgehead atoms. The normalized spacial score (nSPS) is 13.0. The number of benzene rings is 1. The average molecular weight is 280 g/mol. The molecule has 0 fully saturated rings. The summed E-state index contributed by atoms with van der Waals surface area (Å²) in [5.41, 5.74) is -0.763. The summed E-state index contributed by atoms with van der Waals surface area (Å²) in [5.74, 6) is 2.05. The van der Waals surface area contributed by atoms with E-state index in [4.69, 9.17) is 24.2 Å². The number of ether oxygens (including phenoxy) is 4. The summed E-state index contributed by atoms with van der Waals surface area (Å²) in [7, 11) is 6.32. The second-order valence-corrected chi connectivity index (χ2v) is 4.34. The van der Waals surface area contributed by atoms with Gasteiger partial charge < -0.3 is 18.9 Å². The molecule has 1 atom stereocenters. The zero-order chi connectivity index (χ0) is 15.2. The van der Waals surface area contributed by atoms with Crippen LogP contribution in [0.25, 0.3) is 0 Å². The zero-order valence-electron chi connectivity index (χ0n) is 12.4. The summed E-state index contributed by atoms with van der Waals surface area (Å²) < 4.78 is 21.3. The number of nitrogens with one attached hydrogen (secondary N) is 1. The van der Waals surface area contributed by atoms with E-state index in [2.05, 4.69) is 11.4 Å². The second-order valence-electron chi connectivity index (χ2n) is 4.34. The summed E-state index contributed by atoms with van der Waals surface area (Å²) in [6.07, 6.45) is 0. The lowest BCUT2D eigenvalue weighted by molar-refractivity contribution is 0.238. The quantitative estimate of drug-likeness (QED) is 0.817. The lowest BCUT2D eigenvalue weighted by atomic mass is 10.1. The molecule has 6 nitrogen and oxygen atoms in total. The first-order chi connectivity index (χ1) is 9.53. The largest absolute Gasteiger partial charge is 0.493 e. The van der Waals surface area contributed by atoms with Crippen molar-refractivity contribution in [1.82, 2.24) is 5.32 Å². The lowest BCUT2D eigenvalue weighted by Gasteiger charge is -2.21. The van der Waals surface area contributed by atoms with Gasteiger partial charge in [0.1, 0.15) is 17.9 Å². The van der Waals surface area contributed by atoms with Gasteiger partial charge in [-0.05, 0) is 14.0 Å². The molecule has 0 aliphatic carbocycles. The molecule has 0 saturated heterocycles. The second kappa shape index (κ2) is 6.87. The van der Waals surface area contributed by atoms with Gasteiger partial charge in [-0.1, -0.05) is 0 Å². The molecule has 0 spiro atoms. The molecule has 0 aromatic heterocycles. The van der Waals surface area contributed by atoms with E-state index < -0.39 is 5.54 Å². The Hall–Kier alpha value is -2.13. The number of nitrogens with zero attached hydrogens (tertiary/aromatic N) is 1. The van der Waals surface area contributed by atoms with Gasteiger partial charge in [-0.2, -0.15) is 5.26 Å². The third-order valence-corrected chi connectivity index (χ3v) is 2.96. The number of nitriles is 1. The van der Waals surface area contributed by atoms with Gasteiger partial charge in [0.15, 0.2) is 11.5 Å². The first-order valence-corrected chi connectivity index (χ1v) is 6.06. The molecule has 1 aromatic carbocycles. The van der Waals surface area contributed by atoms with Gasteiger partial charge >= 0.3 is 0 Å². The maximum atomic E-state index is 9.09.